The molecule has 1 aliphatic rings. The number of nitrogens with zero attached hydrogens (tertiary/aromatic N) is 3. The number of amides is 1. The zero-order valence-corrected chi connectivity index (χ0v) is 13.9. The SMILES string of the molecule is CCC(C)C(=O)N1CCc2nc3ncc(Br)cc3cc2C1. The molecule has 5 heteroatoms. The van der Waals surface area contributed by atoms with Crippen molar-refractivity contribution in [2.24, 2.45) is 5.92 Å². The lowest BCUT2D eigenvalue weighted by molar-refractivity contribution is -0.136. The van der Waals surface area contributed by atoms with E-state index < -0.39 is 0 Å². The Morgan fingerprint density at radius 1 is 1.48 bits per heavy atom. The van der Waals surface area contributed by atoms with Gasteiger partial charge in [0.1, 0.15) is 0 Å². The molecule has 2 aromatic heterocycles. The number of aromatic nitrogens is 2. The van der Waals surface area contributed by atoms with Gasteiger partial charge >= 0.3 is 0 Å². The van der Waals surface area contributed by atoms with Gasteiger partial charge in [-0.3, -0.25) is 4.79 Å². The summed E-state index contributed by atoms with van der Waals surface area (Å²) in [6.07, 6.45) is 3.46. The summed E-state index contributed by atoms with van der Waals surface area (Å²) >= 11 is 3.44. The molecule has 0 radical (unpaired) electrons. The van der Waals surface area contributed by atoms with Crippen molar-refractivity contribution >= 4 is 32.9 Å². The van der Waals surface area contributed by atoms with Crippen LogP contribution in [0.25, 0.3) is 11.0 Å². The van der Waals surface area contributed by atoms with Crippen molar-refractivity contribution in [1.29, 1.82) is 0 Å². The van der Waals surface area contributed by atoms with Gasteiger partial charge in [-0.15, -0.1) is 0 Å². The number of pyridine rings is 2. The summed E-state index contributed by atoms with van der Waals surface area (Å²) in [6, 6.07) is 4.14. The standard InChI is InChI=1S/C16H18BrN3O/c1-3-10(2)16(21)20-5-4-14-12(9-20)6-11-7-13(17)8-18-15(11)19-14/h6-8,10H,3-5,9H2,1-2H3. The van der Waals surface area contributed by atoms with Crippen LogP contribution in [0.1, 0.15) is 31.5 Å². The second-order valence-corrected chi connectivity index (χ2v) is 6.53. The minimum absolute atomic E-state index is 0.0933. The number of rotatable bonds is 2. The van der Waals surface area contributed by atoms with E-state index in [-0.39, 0.29) is 11.8 Å². The van der Waals surface area contributed by atoms with E-state index in [4.69, 9.17) is 0 Å². The lowest BCUT2D eigenvalue weighted by Crippen LogP contribution is -2.39. The van der Waals surface area contributed by atoms with Crippen LogP contribution in [0.3, 0.4) is 0 Å². The Labute approximate surface area is 132 Å². The normalized spacial score (nSPS) is 15.9. The van der Waals surface area contributed by atoms with Crippen LogP contribution < -0.4 is 0 Å². The number of carbonyl (C=O) groups excluding carboxylic acids is 1. The highest BCUT2D eigenvalue weighted by atomic mass is 79.9. The molecule has 0 N–H and O–H groups in total. The predicted octanol–water partition coefficient (Wildman–Crippen LogP) is 3.32. The highest BCUT2D eigenvalue weighted by Gasteiger charge is 2.24. The summed E-state index contributed by atoms with van der Waals surface area (Å²) in [4.78, 5) is 23.3. The summed E-state index contributed by atoms with van der Waals surface area (Å²) in [7, 11) is 0. The van der Waals surface area contributed by atoms with Crippen molar-refractivity contribution in [3.05, 3.63) is 34.1 Å². The first-order chi connectivity index (χ1) is 10.1. The quantitative estimate of drug-likeness (QED) is 0.836. The molecule has 2 aromatic rings. The predicted molar refractivity (Wildman–Crippen MR) is 85.8 cm³/mol. The van der Waals surface area contributed by atoms with E-state index >= 15 is 0 Å². The van der Waals surface area contributed by atoms with Crippen LogP contribution in [-0.2, 0) is 17.8 Å². The van der Waals surface area contributed by atoms with Gasteiger partial charge in [-0.25, -0.2) is 9.97 Å². The first kappa shape index (κ1) is 14.4. The van der Waals surface area contributed by atoms with E-state index in [1.165, 1.54) is 0 Å². The minimum Gasteiger partial charge on any atom is -0.338 e. The van der Waals surface area contributed by atoms with E-state index in [0.717, 1.165) is 46.1 Å². The van der Waals surface area contributed by atoms with Crippen LogP contribution in [0.4, 0.5) is 0 Å². The molecule has 0 aliphatic carbocycles. The summed E-state index contributed by atoms with van der Waals surface area (Å²) in [5, 5.41) is 1.01. The van der Waals surface area contributed by atoms with Gasteiger partial charge in [0.15, 0.2) is 5.65 Å². The third kappa shape index (κ3) is 2.79. The molecule has 1 aliphatic heterocycles. The molecule has 4 nitrogen and oxygen atoms in total. The Kier molecular flexibility index (Phi) is 3.93. The van der Waals surface area contributed by atoms with E-state index in [2.05, 4.69) is 38.9 Å². The topological polar surface area (TPSA) is 46.1 Å². The lowest BCUT2D eigenvalue weighted by atomic mass is 10.0. The zero-order valence-electron chi connectivity index (χ0n) is 12.3. The molecule has 1 atom stereocenters. The molecule has 1 amide bonds. The maximum absolute atomic E-state index is 12.3. The number of fused-ring (bicyclic) bond motifs is 2. The molecule has 21 heavy (non-hydrogen) atoms. The van der Waals surface area contributed by atoms with Crippen LogP contribution in [0.2, 0.25) is 0 Å². The number of carbonyl (C=O) groups is 1. The molecule has 3 heterocycles. The van der Waals surface area contributed by atoms with Crippen molar-refractivity contribution in [1.82, 2.24) is 14.9 Å². The molecule has 0 saturated carbocycles. The van der Waals surface area contributed by atoms with Crippen LogP contribution >= 0.6 is 15.9 Å². The van der Waals surface area contributed by atoms with Crippen LogP contribution in [0.15, 0.2) is 22.8 Å². The second kappa shape index (κ2) is 5.72. The van der Waals surface area contributed by atoms with Gasteiger partial charge in [0.2, 0.25) is 5.91 Å². The van der Waals surface area contributed by atoms with Gasteiger partial charge in [-0.1, -0.05) is 13.8 Å². The molecule has 0 aromatic carbocycles. The average molecular weight is 348 g/mol. The van der Waals surface area contributed by atoms with Crippen LogP contribution in [-0.4, -0.2) is 27.3 Å². The van der Waals surface area contributed by atoms with E-state index in [9.17, 15) is 4.79 Å². The molecule has 1 unspecified atom stereocenters. The van der Waals surface area contributed by atoms with Crippen LogP contribution in [0.5, 0.6) is 0 Å². The molecule has 0 bridgehead atoms. The molecular formula is C16H18BrN3O. The molecule has 3 rings (SSSR count). The lowest BCUT2D eigenvalue weighted by Gasteiger charge is -2.30. The minimum atomic E-state index is 0.0933. The van der Waals surface area contributed by atoms with Gasteiger partial charge in [-0.2, -0.15) is 0 Å². The average Bonchev–Trinajstić information content (AvgIpc) is 2.50. The fraction of sp³-hybridized carbons (Fsp3) is 0.438. The monoisotopic (exact) mass is 347 g/mol. The Bertz CT molecular complexity index is 701. The third-order valence-electron chi connectivity index (χ3n) is 4.13. The zero-order chi connectivity index (χ0) is 15.0. The highest BCUT2D eigenvalue weighted by molar-refractivity contribution is 9.10. The summed E-state index contributed by atoms with van der Waals surface area (Å²) < 4.78 is 0.945. The smallest absolute Gasteiger partial charge is 0.225 e. The largest absolute Gasteiger partial charge is 0.338 e. The maximum atomic E-state index is 12.3. The Morgan fingerprint density at radius 2 is 2.29 bits per heavy atom. The highest BCUT2D eigenvalue weighted by Crippen LogP contribution is 2.24. The van der Waals surface area contributed by atoms with Gasteiger partial charge in [0.05, 0.1) is 0 Å². The van der Waals surface area contributed by atoms with Gasteiger partial charge in [-0.05, 0) is 40.0 Å². The fourth-order valence-corrected chi connectivity index (χ4v) is 3.02. The summed E-state index contributed by atoms with van der Waals surface area (Å²) in [6.45, 7) is 5.47. The van der Waals surface area contributed by atoms with E-state index in [1.54, 1.807) is 6.20 Å². The van der Waals surface area contributed by atoms with Gasteiger partial charge < -0.3 is 4.90 Å². The van der Waals surface area contributed by atoms with Crippen molar-refractivity contribution < 1.29 is 4.79 Å². The number of hydrogen-bond donors (Lipinski definition) is 0. The van der Waals surface area contributed by atoms with Crippen molar-refractivity contribution in [3.8, 4) is 0 Å². The number of hydrogen-bond acceptors (Lipinski definition) is 3. The first-order valence-corrected chi connectivity index (χ1v) is 8.10. The molecule has 0 fully saturated rings. The second-order valence-electron chi connectivity index (χ2n) is 5.61. The van der Waals surface area contributed by atoms with Crippen LogP contribution in [0, 0.1) is 5.92 Å². The molecule has 0 saturated heterocycles. The molecule has 110 valence electrons. The maximum Gasteiger partial charge on any atom is 0.225 e. The summed E-state index contributed by atoms with van der Waals surface area (Å²) in [5.74, 6) is 0.339. The van der Waals surface area contributed by atoms with Crippen molar-refractivity contribution in [2.75, 3.05) is 6.54 Å². The van der Waals surface area contributed by atoms with Gasteiger partial charge in [0, 0.05) is 47.2 Å². The van der Waals surface area contributed by atoms with E-state index in [0.29, 0.717) is 6.54 Å². The van der Waals surface area contributed by atoms with Crippen molar-refractivity contribution in [2.45, 2.75) is 33.2 Å². The van der Waals surface area contributed by atoms with Gasteiger partial charge in [0.25, 0.3) is 0 Å². The molecule has 0 spiro atoms. The fourth-order valence-electron chi connectivity index (χ4n) is 2.67. The molecular weight excluding hydrogens is 330 g/mol. The summed E-state index contributed by atoms with van der Waals surface area (Å²) in [5.41, 5.74) is 2.99. The number of halogens is 1. The third-order valence-corrected chi connectivity index (χ3v) is 4.56. The first-order valence-electron chi connectivity index (χ1n) is 7.31. The Hall–Kier alpha value is -1.49. The Balaban J connectivity index is 1.93. The van der Waals surface area contributed by atoms with E-state index in [1.807, 2.05) is 17.9 Å². The Morgan fingerprint density at radius 3 is 3.05 bits per heavy atom. The van der Waals surface area contributed by atoms with Crippen molar-refractivity contribution in [3.63, 3.8) is 0 Å².